The molecular weight excluding hydrogens is 199 g/mol. The highest BCUT2D eigenvalue weighted by Gasteiger charge is 2.09. The predicted molar refractivity (Wildman–Crippen MR) is 57.1 cm³/mol. The summed E-state index contributed by atoms with van der Waals surface area (Å²) in [5.74, 6) is 0. The first-order valence-corrected chi connectivity index (χ1v) is 5.38. The third kappa shape index (κ3) is 1.42. The number of fused-ring (bicyclic) bond motifs is 1. The number of hydrogen-bond acceptors (Lipinski definition) is 2. The van der Waals surface area contributed by atoms with Crippen molar-refractivity contribution in [2.24, 2.45) is 0 Å². The molecule has 0 saturated heterocycles. The van der Waals surface area contributed by atoms with E-state index in [0.717, 1.165) is 32.5 Å². The van der Waals surface area contributed by atoms with E-state index < -0.39 is 0 Å². The van der Waals surface area contributed by atoms with Gasteiger partial charge in [0.25, 0.3) is 0 Å². The maximum atomic E-state index is 13.4. The van der Waals surface area contributed by atoms with Crippen molar-refractivity contribution in [3.8, 4) is 0 Å². The first kappa shape index (κ1) is 9.62. The topological polar surface area (TPSA) is 20.2 Å². The Morgan fingerprint density at radius 1 is 1.43 bits per heavy atom. The zero-order valence-electron chi connectivity index (χ0n) is 7.88. The van der Waals surface area contributed by atoms with E-state index in [4.69, 9.17) is 5.11 Å². The zero-order valence-corrected chi connectivity index (χ0v) is 8.70. The van der Waals surface area contributed by atoms with E-state index in [2.05, 4.69) is 0 Å². The molecule has 2 aromatic rings. The molecule has 2 rings (SSSR count). The van der Waals surface area contributed by atoms with Crippen LogP contribution < -0.4 is 0 Å². The Hall–Kier alpha value is -0.930. The van der Waals surface area contributed by atoms with Gasteiger partial charge in [0.05, 0.1) is 6.61 Å². The van der Waals surface area contributed by atoms with Gasteiger partial charge in [-0.1, -0.05) is 19.1 Å². The summed E-state index contributed by atoms with van der Waals surface area (Å²) >= 11 is 1.16. The number of aliphatic hydroxyl groups is 1. The largest absolute Gasteiger partial charge is 0.392 e. The van der Waals surface area contributed by atoms with Crippen LogP contribution in [-0.2, 0) is 13.0 Å². The van der Waals surface area contributed by atoms with Gasteiger partial charge in [0.1, 0.15) is 0 Å². The predicted octanol–water partition coefficient (Wildman–Crippen LogP) is 3.10. The van der Waals surface area contributed by atoms with Crippen LogP contribution in [0.5, 0.6) is 0 Å². The highest BCUT2D eigenvalue weighted by atomic mass is 32.1. The monoisotopic (exact) mass is 210 g/mol. The minimum Gasteiger partial charge on any atom is -0.392 e. The molecule has 1 aromatic heterocycles. The molecule has 1 aromatic carbocycles. The second kappa shape index (κ2) is 3.67. The van der Waals surface area contributed by atoms with Gasteiger partial charge >= 0.3 is 0 Å². The van der Waals surface area contributed by atoms with Gasteiger partial charge < -0.3 is 5.11 Å². The van der Waals surface area contributed by atoms with Crippen molar-refractivity contribution in [3.05, 3.63) is 34.5 Å². The molecule has 0 spiro atoms. The quantitative estimate of drug-likeness (QED) is 0.807. The van der Waals surface area contributed by atoms with Crippen molar-refractivity contribution in [2.45, 2.75) is 20.0 Å². The number of aryl methyl sites for hydroxylation is 1. The van der Waals surface area contributed by atoms with Gasteiger partial charge in [0.2, 0.25) is 0 Å². The first-order valence-electron chi connectivity index (χ1n) is 4.57. The summed E-state index contributed by atoms with van der Waals surface area (Å²) in [7, 11) is 0. The van der Waals surface area contributed by atoms with Crippen molar-refractivity contribution in [1.82, 2.24) is 0 Å². The average molecular weight is 210 g/mol. The molecule has 0 amide bonds. The van der Waals surface area contributed by atoms with E-state index in [1.54, 1.807) is 0 Å². The lowest BCUT2D eigenvalue weighted by Crippen LogP contribution is -1.83. The van der Waals surface area contributed by atoms with Gasteiger partial charge in [-0.3, -0.25) is 0 Å². The van der Waals surface area contributed by atoms with E-state index in [0.29, 0.717) is 6.42 Å². The molecule has 3 heteroatoms. The molecule has 1 N–H and O–H groups in total. The van der Waals surface area contributed by atoms with Crippen LogP contribution >= 0.6 is 11.3 Å². The fourth-order valence-corrected chi connectivity index (χ4v) is 2.67. The van der Waals surface area contributed by atoms with Gasteiger partial charge in [-0.15, -0.1) is 11.3 Å². The summed E-state index contributed by atoms with van der Waals surface area (Å²) < 4.78 is 14.3. The van der Waals surface area contributed by atoms with Gasteiger partial charge in [-0.25, -0.2) is 0 Å². The Morgan fingerprint density at radius 3 is 2.86 bits per heavy atom. The number of benzene rings is 1. The molecule has 0 radical (unpaired) electrons. The smallest absolute Gasteiger partial charge is 0.180 e. The lowest BCUT2D eigenvalue weighted by atomic mass is 10.1. The Kier molecular flexibility index (Phi) is 2.52. The summed E-state index contributed by atoms with van der Waals surface area (Å²) in [4.78, 5) is 0. The molecule has 74 valence electrons. The summed E-state index contributed by atoms with van der Waals surface area (Å²) in [5, 5.41) is 9.82. The van der Waals surface area contributed by atoms with E-state index in [1.807, 2.05) is 25.1 Å². The lowest BCUT2D eigenvalue weighted by molar-refractivity contribution is 0.282. The summed E-state index contributed by atoms with van der Waals surface area (Å²) in [5.41, 5.74) is 1.62. The van der Waals surface area contributed by atoms with Crippen LogP contribution in [0.1, 0.15) is 18.1 Å². The SMILES string of the molecule is CCc1c(F)sc2cc(CO)ccc12. The maximum absolute atomic E-state index is 13.4. The van der Waals surface area contributed by atoms with Gasteiger partial charge in [-0.05, 0) is 23.4 Å². The Morgan fingerprint density at radius 2 is 2.21 bits per heavy atom. The molecule has 0 saturated carbocycles. The van der Waals surface area contributed by atoms with Crippen LogP contribution in [0.2, 0.25) is 0 Å². The summed E-state index contributed by atoms with van der Waals surface area (Å²) in [6.07, 6.45) is 0.713. The van der Waals surface area contributed by atoms with Crippen LogP contribution in [0, 0.1) is 5.13 Å². The molecule has 0 fully saturated rings. The highest BCUT2D eigenvalue weighted by Crippen LogP contribution is 2.31. The number of halogens is 1. The summed E-state index contributed by atoms with van der Waals surface area (Å²) in [6.45, 7) is 1.96. The van der Waals surface area contributed by atoms with Crippen molar-refractivity contribution in [3.63, 3.8) is 0 Å². The normalized spacial score (nSPS) is 11.1. The zero-order chi connectivity index (χ0) is 10.1. The second-order valence-corrected chi connectivity index (χ2v) is 4.20. The Balaban J connectivity index is 2.68. The molecule has 0 bridgehead atoms. The standard InChI is InChI=1S/C11H11FOS/c1-2-8-9-4-3-7(6-13)5-10(9)14-11(8)12/h3-5,13H,2,6H2,1H3. The van der Waals surface area contributed by atoms with Gasteiger partial charge in [0, 0.05) is 10.3 Å². The molecule has 1 heterocycles. The number of thiophene rings is 1. The van der Waals surface area contributed by atoms with E-state index in [-0.39, 0.29) is 11.7 Å². The second-order valence-electron chi connectivity index (χ2n) is 3.20. The molecule has 0 atom stereocenters. The molecule has 1 nitrogen and oxygen atoms in total. The van der Waals surface area contributed by atoms with Crippen LogP contribution in [0.3, 0.4) is 0 Å². The van der Waals surface area contributed by atoms with Crippen LogP contribution in [0.15, 0.2) is 18.2 Å². The average Bonchev–Trinajstić information content (AvgIpc) is 2.51. The Bertz CT molecular complexity index is 462. The number of hydrogen-bond donors (Lipinski definition) is 1. The fraction of sp³-hybridized carbons (Fsp3) is 0.273. The molecule has 0 unspecified atom stereocenters. The summed E-state index contributed by atoms with van der Waals surface area (Å²) in [6, 6.07) is 5.58. The van der Waals surface area contributed by atoms with Crippen molar-refractivity contribution in [2.75, 3.05) is 0 Å². The molecule has 0 aliphatic heterocycles. The van der Waals surface area contributed by atoms with Crippen LogP contribution in [0.25, 0.3) is 10.1 Å². The fourth-order valence-electron chi connectivity index (χ4n) is 1.59. The lowest BCUT2D eigenvalue weighted by Gasteiger charge is -1.97. The maximum Gasteiger partial charge on any atom is 0.180 e. The third-order valence-corrected chi connectivity index (χ3v) is 3.33. The van der Waals surface area contributed by atoms with Crippen molar-refractivity contribution >= 4 is 21.4 Å². The van der Waals surface area contributed by atoms with Crippen molar-refractivity contribution < 1.29 is 9.50 Å². The minimum absolute atomic E-state index is 0.0108. The molecule has 0 aliphatic rings. The van der Waals surface area contributed by atoms with Crippen LogP contribution in [0.4, 0.5) is 4.39 Å². The van der Waals surface area contributed by atoms with Crippen LogP contribution in [-0.4, -0.2) is 5.11 Å². The number of aliphatic hydroxyl groups excluding tert-OH is 1. The van der Waals surface area contributed by atoms with Gasteiger partial charge in [0.15, 0.2) is 5.13 Å². The molecule has 0 aliphatic carbocycles. The molecular formula is C11H11FOS. The minimum atomic E-state index is -0.0995. The Labute approximate surface area is 85.8 Å². The highest BCUT2D eigenvalue weighted by molar-refractivity contribution is 7.17. The van der Waals surface area contributed by atoms with Gasteiger partial charge in [-0.2, -0.15) is 4.39 Å². The third-order valence-electron chi connectivity index (χ3n) is 2.34. The van der Waals surface area contributed by atoms with E-state index >= 15 is 0 Å². The van der Waals surface area contributed by atoms with E-state index in [1.165, 1.54) is 0 Å². The number of rotatable bonds is 2. The van der Waals surface area contributed by atoms with E-state index in [9.17, 15) is 4.39 Å². The molecule has 14 heavy (non-hydrogen) atoms. The first-order chi connectivity index (χ1) is 6.76. The van der Waals surface area contributed by atoms with Crippen molar-refractivity contribution in [1.29, 1.82) is 0 Å².